The summed E-state index contributed by atoms with van der Waals surface area (Å²) in [4.78, 5) is 16.2. The van der Waals surface area contributed by atoms with E-state index in [1.165, 1.54) is 13.4 Å². The van der Waals surface area contributed by atoms with Crippen LogP contribution < -0.4 is 5.32 Å². The van der Waals surface area contributed by atoms with Crippen LogP contribution in [0.15, 0.2) is 36.1 Å². The molecule has 0 radical (unpaired) electrons. The molecule has 0 bridgehead atoms. The lowest BCUT2D eigenvalue weighted by atomic mass is 9.77. The van der Waals surface area contributed by atoms with Crippen LogP contribution >= 0.6 is 0 Å². The van der Waals surface area contributed by atoms with Gasteiger partial charge in [0.25, 0.3) is 0 Å². The molecule has 12 heteroatoms. The summed E-state index contributed by atoms with van der Waals surface area (Å²) >= 11 is 0. The third-order valence-corrected chi connectivity index (χ3v) is 8.71. The van der Waals surface area contributed by atoms with Crippen LogP contribution in [0.2, 0.25) is 0 Å². The second kappa shape index (κ2) is 10.5. The zero-order chi connectivity index (χ0) is 27.4. The molecule has 4 aliphatic rings. The fourth-order valence-electron chi connectivity index (χ4n) is 6.86. The van der Waals surface area contributed by atoms with Crippen molar-refractivity contribution in [1.82, 2.24) is 10.3 Å². The molecule has 0 unspecified atom stereocenters. The Labute approximate surface area is 224 Å². The minimum atomic E-state index is -1.63. The number of aromatic nitrogens is 1. The molecule has 7 N–H and O–H groups in total. The van der Waals surface area contributed by atoms with E-state index in [-0.39, 0.29) is 18.0 Å². The molecular formula is C27H34N2O10. The van der Waals surface area contributed by atoms with Crippen LogP contribution in [0.25, 0.3) is 10.9 Å². The first kappa shape index (κ1) is 26.7. The minimum absolute atomic E-state index is 0.252. The van der Waals surface area contributed by atoms with Gasteiger partial charge in [0.15, 0.2) is 6.29 Å². The van der Waals surface area contributed by atoms with Gasteiger partial charge in [0, 0.05) is 34.4 Å². The van der Waals surface area contributed by atoms with Crippen LogP contribution in [0, 0.1) is 17.8 Å². The number of para-hydroxylation sites is 1. The summed E-state index contributed by atoms with van der Waals surface area (Å²) in [7, 11) is 1.27. The molecule has 2 aromatic rings. The number of benzene rings is 1. The molecule has 0 spiro atoms. The third kappa shape index (κ3) is 4.35. The van der Waals surface area contributed by atoms with Gasteiger partial charge in [-0.15, -0.1) is 0 Å². The Morgan fingerprint density at radius 2 is 1.87 bits per heavy atom. The normalized spacial score (nSPS) is 39.9. The maximum atomic E-state index is 12.7. The first-order chi connectivity index (χ1) is 18.8. The fraction of sp³-hybridized carbons (Fsp3) is 0.593. The quantitative estimate of drug-likeness (QED) is 0.233. The predicted octanol–water partition coefficient (Wildman–Crippen LogP) is -0.802. The van der Waals surface area contributed by atoms with Gasteiger partial charge >= 0.3 is 5.97 Å². The van der Waals surface area contributed by atoms with Gasteiger partial charge in [-0.05, 0) is 31.0 Å². The van der Waals surface area contributed by atoms with Crippen molar-refractivity contribution in [3.63, 3.8) is 0 Å². The van der Waals surface area contributed by atoms with Crippen LogP contribution in [0.4, 0.5) is 0 Å². The SMILES string of the molecule is COC(=O)C1=CO[C@@H](O[C@H]2O[C@H](CO)[C@@H](O)[C@H](O)[C@H]2O)[C@H]2[C@H]([C@H]3NCCc4c3[nH]c3ccccc43)[C@H](O)C[C@@H]12. The topological polar surface area (TPSA) is 183 Å². The van der Waals surface area contributed by atoms with Gasteiger partial charge in [-0.3, -0.25) is 0 Å². The predicted molar refractivity (Wildman–Crippen MR) is 134 cm³/mol. The molecule has 11 atom stereocenters. The number of hydrogen-bond acceptors (Lipinski definition) is 11. The van der Waals surface area contributed by atoms with Crippen molar-refractivity contribution in [2.45, 2.75) is 62.0 Å². The van der Waals surface area contributed by atoms with E-state index in [0.717, 1.165) is 28.6 Å². The molecular weight excluding hydrogens is 512 g/mol. The van der Waals surface area contributed by atoms with Crippen molar-refractivity contribution < 1.29 is 49.3 Å². The van der Waals surface area contributed by atoms with Gasteiger partial charge in [0.2, 0.25) is 6.29 Å². The molecule has 4 heterocycles. The highest BCUT2D eigenvalue weighted by atomic mass is 16.8. The second-order valence-electron chi connectivity index (χ2n) is 10.7. The Bertz CT molecular complexity index is 1250. The Kier molecular flexibility index (Phi) is 7.14. The lowest BCUT2D eigenvalue weighted by Gasteiger charge is -2.44. The molecule has 3 aliphatic heterocycles. The van der Waals surface area contributed by atoms with Gasteiger partial charge in [-0.2, -0.15) is 0 Å². The number of aliphatic hydroxyl groups excluding tert-OH is 5. The minimum Gasteiger partial charge on any atom is -0.472 e. The van der Waals surface area contributed by atoms with Crippen molar-refractivity contribution in [2.24, 2.45) is 17.8 Å². The number of rotatable bonds is 5. The maximum absolute atomic E-state index is 12.7. The highest BCUT2D eigenvalue weighted by Gasteiger charge is 2.57. The molecule has 39 heavy (non-hydrogen) atoms. The van der Waals surface area contributed by atoms with Gasteiger partial charge in [-0.1, -0.05) is 18.2 Å². The van der Waals surface area contributed by atoms with Crippen molar-refractivity contribution >= 4 is 16.9 Å². The molecule has 0 amide bonds. The van der Waals surface area contributed by atoms with Crippen molar-refractivity contribution in [3.05, 3.63) is 47.4 Å². The Morgan fingerprint density at radius 3 is 2.64 bits per heavy atom. The number of methoxy groups -OCH3 is 1. The van der Waals surface area contributed by atoms with Gasteiger partial charge in [0.1, 0.15) is 24.4 Å². The molecule has 12 nitrogen and oxygen atoms in total. The van der Waals surface area contributed by atoms with Crippen LogP contribution in [0.5, 0.6) is 0 Å². The zero-order valence-corrected chi connectivity index (χ0v) is 21.3. The highest BCUT2D eigenvalue weighted by molar-refractivity contribution is 5.89. The van der Waals surface area contributed by atoms with E-state index in [2.05, 4.69) is 16.4 Å². The number of carbonyl (C=O) groups excluding carboxylic acids is 1. The number of carbonyl (C=O) groups is 1. The summed E-state index contributed by atoms with van der Waals surface area (Å²) in [5, 5.41) is 56.7. The number of esters is 1. The average molecular weight is 547 g/mol. The number of nitrogens with one attached hydrogen (secondary N) is 2. The summed E-state index contributed by atoms with van der Waals surface area (Å²) in [6.45, 7) is 0.0736. The summed E-state index contributed by atoms with van der Waals surface area (Å²) in [6, 6.07) is 7.69. The summed E-state index contributed by atoms with van der Waals surface area (Å²) in [5.74, 6) is -2.13. The van der Waals surface area contributed by atoms with E-state index in [1.807, 2.05) is 18.2 Å². The number of aliphatic hydroxyl groups is 5. The second-order valence-corrected chi connectivity index (χ2v) is 10.7. The number of H-pyrrole nitrogens is 1. The smallest absolute Gasteiger partial charge is 0.337 e. The van der Waals surface area contributed by atoms with Crippen LogP contribution in [-0.4, -0.2) is 99.8 Å². The standard InChI is InChI=1S/C27H34N2O10/c1-36-25(35)14-10-37-26(39-27-24(34)23(33)22(32)17(9-30)38-27)18-13(14)8-16(31)19(18)21-20-12(6-7-28-21)11-4-2-3-5-15(11)29-20/h2-5,10,13,16-19,21-24,26-34H,6-9H2,1H3/t13-,16+,17+,18+,19+,21+,22+,23-,24+,26-,27+/m0/s1. The van der Waals surface area contributed by atoms with Gasteiger partial charge in [-0.25, -0.2) is 4.79 Å². The van der Waals surface area contributed by atoms with Crippen LogP contribution in [-0.2, 0) is 30.2 Å². The first-order valence-corrected chi connectivity index (χ1v) is 13.2. The molecule has 1 aliphatic carbocycles. The van der Waals surface area contributed by atoms with Crippen molar-refractivity contribution in [1.29, 1.82) is 0 Å². The highest BCUT2D eigenvalue weighted by Crippen LogP contribution is 2.53. The van der Waals surface area contributed by atoms with E-state index < -0.39 is 73.4 Å². The Balaban J connectivity index is 1.36. The molecule has 1 saturated heterocycles. The monoisotopic (exact) mass is 546 g/mol. The maximum Gasteiger partial charge on any atom is 0.337 e. The molecule has 212 valence electrons. The molecule has 2 fully saturated rings. The van der Waals surface area contributed by atoms with E-state index in [1.54, 1.807) is 0 Å². The lowest BCUT2D eigenvalue weighted by Crippen LogP contribution is -2.60. The van der Waals surface area contributed by atoms with Crippen molar-refractivity contribution in [2.75, 3.05) is 20.3 Å². The summed E-state index contributed by atoms with van der Waals surface area (Å²) in [6.07, 6.45) is -7.02. The number of fused-ring (bicyclic) bond motifs is 4. The van der Waals surface area contributed by atoms with E-state index >= 15 is 0 Å². The van der Waals surface area contributed by atoms with Crippen molar-refractivity contribution in [3.8, 4) is 0 Å². The van der Waals surface area contributed by atoms with E-state index in [4.69, 9.17) is 18.9 Å². The van der Waals surface area contributed by atoms with Gasteiger partial charge in [0.05, 0.1) is 37.7 Å². The van der Waals surface area contributed by atoms with E-state index in [0.29, 0.717) is 6.54 Å². The number of hydrogen-bond donors (Lipinski definition) is 7. The van der Waals surface area contributed by atoms with Crippen LogP contribution in [0.3, 0.4) is 0 Å². The molecule has 1 aromatic heterocycles. The molecule has 1 aromatic carbocycles. The summed E-state index contributed by atoms with van der Waals surface area (Å²) in [5.41, 5.74) is 3.37. The number of aromatic amines is 1. The molecule has 6 rings (SSSR count). The Morgan fingerprint density at radius 1 is 1.08 bits per heavy atom. The molecule has 1 saturated carbocycles. The summed E-state index contributed by atoms with van der Waals surface area (Å²) < 4.78 is 22.5. The van der Waals surface area contributed by atoms with E-state index in [9.17, 15) is 30.3 Å². The average Bonchev–Trinajstić information content (AvgIpc) is 3.50. The number of ether oxygens (including phenoxy) is 4. The van der Waals surface area contributed by atoms with Gasteiger partial charge < -0.3 is 54.8 Å². The fourth-order valence-corrected chi connectivity index (χ4v) is 6.86. The van der Waals surface area contributed by atoms with Crippen LogP contribution in [0.1, 0.15) is 23.7 Å². The largest absolute Gasteiger partial charge is 0.472 e. The zero-order valence-electron chi connectivity index (χ0n) is 21.3. The first-order valence-electron chi connectivity index (χ1n) is 13.2. The Hall–Kier alpha value is -2.55. The lowest BCUT2D eigenvalue weighted by molar-refractivity contribution is -0.343. The third-order valence-electron chi connectivity index (χ3n) is 8.71.